The molecule has 0 aromatic carbocycles. The number of carboxylic acids is 1. The zero-order chi connectivity index (χ0) is 43.2. The van der Waals surface area contributed by atoms with Gasteiger partial charge in [0.05, 0.1) is 13.2 Å². The molecule has 0 aromatic heterocycles. The standard InChI is InChI=1S/C39H71N7O10/c1-11-14-15-16-17-18-30(48)40-21-31(49)41-26(9)33(50)42-27(19-23(4)5)35(52)46-39(10,13-3)38(56)44-29(22-47)34(51)45-32(25(8)12-2)36(53)43-28(37(54)55)20-24(6)7/h23-29,32,47H,11-22H2,1-10H3,(H,40,48)(H,41,49)(H,42,50)(H,43,53)(H,44,56)(H,45,51)(H,46,52)(H,54,55)/t25-,26-,27-,28-,29-,32-,39+/m0/s1. The van der Waals surface area contributed by atoms with Crippen LogP contribution in [-0.2, 0) is 38.4 Å². The maximum atomic E-state index is 13.6. The summed E-state index contributed by atoms with van der Waals surface area (Å²) in [6.07, 6.45) is 5.99. The van der Waals surface area contributed by atoms with Gasteiger partial charge in [-0.05, 0) is 57.3 Å². The number of unbranched alkanes of at least 4 members (excludes halogenated alkanes) is 4. The van der Waals surface area contributed by atoms with E-state index in [2.05, 4.69) is 44.1 Å². The Labute approximate surface area is 332 Å². The van der Waals surface area contributed by atoms with Crippen molar-refractivity contribution in [2.45, 2.75) is 169 Å². The molecule has 17 nitrogen and oxygen atoms in total. The summed E-state index contributed by atoms with van der Waals surface area (Å²) in [6.45, 7) is 16.2. The number of carboxylic acid groups (broad SMARTS) is 1. The van der Waals surface area contributed by atoms with E-state index in [1.807, 2.05) is 27.7 Å². The van der Waals surface area contributed by atoms with Crippen LogP contribution in [0.3, 0.4) is 0 Å². The van der Waals surface area contributed by atoms with E-state index < -0.39 is 89.7 Å². The Balaban J connectivity index is 5.66. The Morgan fingerprint density at radius 2 is 1.20 bits per heavy atom. The van der Waals surface area contributed by atoms with Gasteiger partial charge in [0.2, 0.25) is 41.4 Å². The molecule has 0 spiro atoms. The quantitative estimate of drug-likeness (QED) is 0.0514. The average Bonchev–Trinajstić information content (AvgIpc) is 3.13. The molecule has 7 amide bonds. The monoisotopic (exact) mass is 798 g/mol. The van der Waals surface area contributed by atoms with Crippen molar-refractivity contribution in [3.05, 3.63) is 0 Å². The Morgan fingerprint density at radius 3 is 1.71 bits per heavy atom. The normalized spacial score (nSPS) is 15.5. The first-order chi connectivity index (χ1) is 26.1. The van der Waals surface area contributed by atoms with Gasteiger partial charge < -0.3 is 47.4 Å². The van der Waals surface area contributed by atoms with Crippen LogP contribution in [0.15, 0.2) is 0 Å². The first kappa shape index (κ1) is 51.7. The summed E-state index contributed by atoms with van der Waals surface area (Å²) in [5.74, 6) is -6.45. The predicted molar refractivity (Wildman–Crippen MR) is 212 cm³/mol. The molecule has 0 aliphatic rings. The average molecular weight is 798 g/mol. The van der Waals surface area contributed by atoms with Crippen molar-refractivity contribution in [1.82, 2.24) is 37.2 Å². The summed E-state index contributed by atoms with van der Waals surface area (Å²) in [5.41, 5.74) is -1.63. The van der Waals surface area contributed by atoms with Gasteiger partial charge in [-0.25, -0.2) is 4.79 Å². The number of aliphatic hydroxyl groups excluding tert-OH is 1. The lowest BCUT2D eigenvalue weighted by Gasteiger charge is -2.33. The minimum atomic E-state index is -1.63. The van der Waals surface area contributed by atoms with Gasteiger partial charge in [0, 0.05) is 6.42 Å². The molecule has 0 heterocycles. The number of aliphatic carboxylic acids is 1. The van der Waals surface area contributed by atoms with E-state index in [0.717, 1.165) is 32.1 Å². The molecule has 0 aromatic rings. The van der Waals surface area contributed by atoms with Crippen molar-refractivity contribution in [2.75, 3.05) is 13.2 Å². The number of amides is 7. The second-order valence-electron chi connectivity index (χ2n) is 15.7. The largest absolute Gasteiger partial charge is 0.480 e. The van der Waals surface area contributed by atoms with E-state index >= 15 is 0 Å². The van der Waals surface area contributed by atoms with Crippen molar-refractivity contribution in [3.63, 3.8) is 0 Å². The molecular weight excluding hydrogens is 726 g/mol. The maximum absolute atomic E-state index is 13.6. The van der Waals surface area contributed by atoms with E-state index in [1.54, 1.807) is 20.8 Å². The molecule has 0 unspecified atom stereocenters. The van der Waals surface area contributed by atoms with Crippen LogP contribution in [-0.4, -0.2) is 106 Å². The Hall–Kier alpha value is -4.28. The van der Waals surface area contributed by atoms with Crippen LogP contribution in [0.25, 0.3) is 0 Å². The number of aliphatic hydroxyl groups is 1. The van der Waals surface area contributed by atoms with Crippen molar-refractivity contribution in [2.24, 2.45) is 17.8 Å². The minimum Gasteiger partial charge on any atom is -0.480 e. The van der Waals surface area contributed by atoms with E-state index in [9.17, 15) is 48.6 Å². The number of rotatable bonds is 28. The van der Waals surface area contributed by atoms with Gasteiger partial charge >= 0.3 is 5.97 Å². The second-order valence-corrected chi connectivity index (χ2v) is 15.7. The molecule has 56 heavy (non-hydrogen) atoms. The fourth-order valence-electron chi connectivity index (χ4n) is 5.60. The summed E-state index contributed by atoms with van der Waals surface area (Å²) in [6, 6.07) is -6.09. The Kier molecular flexibility index (Phi) is 24.5. The van der Waals surface area contributed by atoms with Crippen LogP contribution in [0.4, 0.5) is 0 Å². The molecule has 9 N–H and O–H groups in total. The zero-order valence-electron chi connectivity index (χ0n) is 35.3. The van der Waals surface area contributed by atoms with Crippen LogP contribution in [0, 0.1) is 17.8 Å². The fourth-order valence-corrected chi connectivity index (χ4v) is 5.60. The Morgan fingerprint density at radius 1 is 0.625 bits per heavy atom. The second kappa shape index (κ2) is 26.6. The van der Waals surface area contributed by atoms with Crippen molar-refractivity contribution < 1.29 is 48.6 Å². The van der Waals surface area contributed by atoms with E-state index in [1.165, 1.54) is 13.8 Å². The molecule has 17 heteroatoms. The predicted octanol–water partition coefficient (Wildman–Crippen LogP) is 1.41. The van der Waals surface area contributed by atoms with Crippen LogP contribution < -0.4 is 37.2 Å². The highest BCUT2D eigenvalue weighted by Crippen LogP contribution is 2.15. The summed E-state index contributed by atoms with van der Waals surface area (Å²) in [5, 5.41) is 37.5. The van der Waals surface area contributed by atoms with E-state index in [0.29, 0.717) is 12.8 Å². The molecule has 0 aliphatic heterocycles. The third kappa shape index (κ3) is 19.5. The lowest BCUT2D eigenvalue weighted by molar-refractivity contribution is -0.143. The molecule has 0 radical (unpaired) electrons. The summed E-state index contributed by atoms with van der Waals surface area (Å²) < 4.78 is 0. The topological polar surface area (TPSA) is 261 Å². The molecule has 0 fully saturated rings. The first-order valence-corrected chi connectivity index (χ1v) is 20.1. The van der Waals surface area contributed by atoms with Gasteiger partial charge in [-0.2, -0.15) is 0 Å². The minimum absolute atomic E-state index is 0.0356. The van der Waals surface area contributed by atoms with Crippen molar-refractivity contribution in [3.8, 4) is 0 Å². The number of carbonyl (C=O) groups excluding carboxylic acids is 7. The highest BCUT2D eigenvalue weighted by Gasteiger charge is 2.39. The molecule has 0 saturated heterocycles. The van der Waals surface area contributed by atoms with Gasteiger partial charge in [0.15, 0.2) is 0 Å². The SMILES string of the molecule is CCCCCCCC(=O)NCC(=O)N[C@@H](C)C(=O)N[C@@H](CC(C)C)C(=O)N[C@](C)(CC)C(=O)N[C@@H](CO)C(=O)N[C@H](C(=O)N[C@@H](CC(C)C)C(=O)O)[C@@H](C)CC. The van der Waals surface area contributed by atoms with Gasteiger partial charge in [-0.3, -0.25) is 33.6 Å². The van der Waals surface area contributed by atoms with Crippen LogP contribution in [0.5, 0.6) is 0 Å². The Bertz CT molecular complexity index is 1310. The van der Waals surface area contributed by atoms with Crippen LogP contribution in [0.2, 0.25) is 0 Å². The van der Waals surface area contributed by atoms with Gasteiger partial charge in [0.25, 0.3) is 0 Å². The maximum Gasteiger partial charge on any atom is 0.326 e. The smallest absolute Gasteiger partial charge is 0.326 e. The molecule has 0 aliphatic carbocycles. The van der Waals surface area contributed by atoms with E-state index in [-0.39, 0.29) is 43.6 Å². The molecule has 0 bridgehead atoms. The fraction of sp³-hybridized carbons (Fsp3) is 0.795. The number of hydrogen-bond acceptors (Lipinski definition) is 9. The number of carbonyl (C=O) groups is 8. The molecule has 0 rings (SSSR count). The molecule has 0 saturated carbocycles. The van der Waals surface area contributed by atoms with Crippen molar-refractivity contribution in [1.29, 1.82) is 0 Å². The third-order valence-corrected chi connectivity index (χ3v) is 9.59. The number of nitrogens with one attached hydrogen (secondary N) is 7. The van der Waals surface area contributed by atoms with Crippen LogP contribution in [0.1, 0.15) is 133 Å². The zero-order valence-corrected chi connectivity index (χ0v) is 35.3. The highest BCUT2D eigenvalue weighted by molar-refractivity contribution is 5.98. The third-order valence-electron chi connectivity index (χ3n) is 9.59. The van der Waals surface area contributed by atoms with Gasteiger partial charge in [0.1, 0.15) is 35.7 Å². The summed E-state index contributed by atoms with van der Waals surface area (Å²) in [4.78, 5) is 103. The molecule has 7 atom stereocenters. The lowest BCUT2D eigenvalue weighted by atomic mass is 9.94. The first-order valence-electron chi connectivity index (χ1n) is 20.1. The van der Waals surface area contributed by atoms with Gasteiger partial charge in [-0.1, -0.05) is 87.5 Å². The van der Waals surface area contributed by atoms with Crippen LogP contribution >= 0.6 is 0 Å². The highest BCUT2D eigenvalue weighted by atomic mass is 16.4. The summed E-state index contributed by atoms with van der Waals surface area (Å²) in [7, 11) is 0. The lowest BCUT2D eigenvalue weighted by Crippen LogP contribution is -2.64. The van der Waals surface area contributed by atoms with Gasteiger partial charge in [-0.15, -0.1) is 0 Å². The molecular formula is C39H71N7O10. The number of hydrogen-bond donors (Lipinski definition) is 9. The van der Waals surface area contributed by atoms with Crippen molar-refractivity contribution >= 4 is 47.3 Å². The summed E-state index contributed by atoms with van der Waals surface area (Å²) >= 11 is 0. The van der Waals surface area contributed by atoms with E-state index in [4.69, 9.17) is 0 Å². The molecule has 322 valence electrons.